The second kappa shape index (κ2) is 7.63. The molecule has 0 aliphatic rings. The summed E-state index contributed by atoms with van der Waals surface area (Å²) in [4.78, 5) is 22.3. The number of hydrogen-bond acceptors (Lipinski definition) is 4. The summed E-state index contributed by atoms with van der Waals surface area (Å²) in [7, 11) is 0. The first-order valence-electron chi connectivity index (χ1n) is 6.19. The molecule has 2 aromatic carbocycles. The van der Waals surface area contributed by atoms with Gasteiger partial charge in [0.2, 0.25) is 11.7 Å². The molecule has 9 heteroatoms. The van der Waals surface area contributed by atoms with Crippen LogP contribution in [0.3, 0.4) is 0 Å². The van der Waals surface area contributed by atoms with E-state index in [1.165, 1.54) is 6.07 Å². The molecule has 0 bridgehead atoms. The molecule has 0 saturated heterocycles. The van der Waals surface area contributed by atoms with Gasteiger partial charge in [0.15, 0.2) is 0 Å². The van der Waals surface area contributed by atoms with Crippen molar-refractivity contribution in [1.82, 2.24) is 0 Å². The zero-order valence-corrected chi connectivity index (χ0v) is 13.7. The fraction of sp³-hybridized carbons (Fsp3) is 0.0714. The van der Waals surface area contributed by atoms with Crippen LogP contribution in [-0.4, -0.2) is 16.6 Å². The van der Waals surface area contributed by atoms with Crippen molar-refractivity contribution in [3.05, 3.63) is 62.4 Å². The van der Waals surface area contributed by atoms with E-state index in [0.29, 0.717) is 14.9 Å². The molecule has 0 aromatic heterocycles. The lowest BCUT2D eigenvalue weighted by atomic mass is 10.2. The number of hydrogen-bond donors (Lipinski definition) is 1. The van der Waals surface area contributed by atoms with Crippen LogP contribution in [0.15, 0.2) is 41.3 Å². The molecule has 0 fully saturated rings. The number of nitro benzene ring substituents is 1. The van der Waals surface area contributed by atoms with Crippen LogP contribution >= 0.6 is 35.0 Å². The van der Waals surface area contributed by atoms with E-state index < -0.39 is 22.3 Å². The molecule has 0 radical (unpaired) electrons. The second-order valence-electron chi connectivity index (χ2n) is 4.31. The molecule has 0 saturated carbocycles. The van der Waals surface area contributed by atoms with E-state index in [1.54, 1.807) is 18.2 Å². The molecule has 2 rings (SSSR count). The molecule has 5 nitrogen and oxygen atoms in total. The maximum Gasteiger partial charge on any atom is 0.306 e. The fourth-order valence-electron chi connectivity index (χ4n) is 1.69. The van der Waals surface area contributed by atoms with Gasteiger partial charge in [0.1, 0.15) is 0 Å². The summed E-state index contributed by atoms with van der Waals surface area (Å²) in [6.07, 6.45) is 0. The van der Waals surface area contributed by atoms with E-state index in [2.05, 4.69) is 5.32 Å². The van der Waals surface area contributed by atoms with Gasteiger partial charge in [-0.05, 0) is 24.3 Å². The summed E-state index contributed by atoms with van der Waals surface area (Å²) >= 11 is 13.1. The normalized spacial score (nSPS) is 10.4. The summed E-state index contributed by atoms with van der Waals surface area (Å²) in [6.45, 7) is 0. The molecule has 0 heterocycles. The quantitative estimate of drug-likeness (QED) is 0.464. The summed E-state index contributed by atoms with van der Waals surface area (Å²) < 4.78 is 13.2. The van der Waals surface area contributed by atoms with E-state index >= 15 is 0 Å². The van der Waals surface area contributed by atoms with Gasteiger partial charge in [0.05, 0.1) is 20.7 Å². The van der Waals surface area contributed by atoms with Crippen LogP contribution in [0.2, 0.25) is 10.0 Å². The summed E-state index contributed by atoms with van der Waals surface area (Å²) in [5, 5.41) is 14.0. The Morgan fingerprint density at radius 2 is 1.91 bits per heavy atom. The molecule has 0 atom stereocenters. The van der Waals surface area contributed by atoms with Crippen LogP contribution in [0.5, 0.6) is 0 Å². The van der Waals surface area contributed by atoms with Crippen LogP contribution in [-0.2, 0) is 4.79 Å². The number of halogens is 3. The maximum atomic E-state index is 13.2. The smallest absolute Gasteiger partial charge is 0.306 e. The Morgan fingerprint density at radius 1 is 1.26 bits per heavy atom. The van der Waals surface area contributed by atoms with Crippen LogP contribution in [0, 0.1) is 15.9 Å². The molecule has 0 spiro atoms. The Labute approximate surface area is 144 Å². The Kier molecular flexibility index (Phi) is 5.81. The molecule has 0 unspecified atom stereocenters. The van der Waals surface area contributed by atoms with Gasteiger partial charge in [-0.1, -0.05) is 29.3 Å². The van der Waals surface area contributed by atoms with Gasteiger partial charge in [-0.2, -0.15) is 4.39 Å². The summed E-state index contributed by atoms with van der Waals surface area (Å²) in [6, 6.07) is 8.11. The zero-order valence-electron chi connectivity index (χ0n) is 11.4. The van der Waals surface area contributed by atoms with Crippen molar-refractivity contribution in [1.29, 1.82) is 0 Å². The monoisotopic (exact) mass is 374 g/mol. The first kappa shape index (κ1) is 17.5. The summed E-state index contributed by atoms with van der Waals surface area (Å²) in [5.74, 6) is -1.40. The van der Waals surface area contributed by atoms with E-state index in [4.69, 9.17) is 23.2 Å². The average Bonchev–Trinajstić information content (AvgIpc) is 2.48. The first-order chi connectivity index (χ1) is 10.9. The number of nitro groups is 1. The standard InChI is InChI=1S/C14H9Cl2FN2O3S/c15-9-2-1-3-10(16)14(9)23-7-13(20)18-8-4-5-11(17)12(6-8)19(21)22/h1-6H,7H2,(H,18,20). The van der Waals surface area contributed by atoms with Gasteiger partial charge in [0.25, 0.3) is 0 Å². The molecule has 1 amide bonds. The lowest BCUT2D eigenvalue weighted by Crippen LogP contribution is -2.14. The molecule has 2 aromatic rings. The van der Waals surface area contributed by atoms with E-state index in [9.17, 15) is 19.3 Å². The number of benzene rings is 2. The molecule has 120 valence electrons. The van der Waals surface area contributed by atoms with Crippen LogP contribution in [0.1, 0.15) is 0 Å². The van der Waals surface area contributed by atoms with Crippen molar-refractivity contribution in [3.8, 4) is 0 Å². The fourth-order valence-corrected chi connectivity index (χ4v) is 3.17. The summed E-state index contributed by atoms with van der Waals surface area (Å²) in [5.41, 5.74) is -0.571. The number of nitrogens with zero attached hydrogens (tertiary/aromatic N) is 1. The van der Waals surface area contributed by atoms with E-state index in [-0.39, 0.29) is 11.4 Å². The highest BCUT2D eigenvalue weighted by molar-refractivity contribution is 8.00. The number of carbonyl (C=O) groups excluding carboxylic acids is 1. The number of carbonyl (C=O) groups is 1. The van der Waals surface area contributed by atoms with Crippen LogP contribution < -0.4 is 5.32 Å². The predicted molar refractivity (Wildman–Crippen MR) is 88.9 cm³/mol. The minimum Gasteiger partial charge on any atom is -0.325 e. The van der Waals surface area contributed by atoms with Crippen LogP contribution in [0.25, 0.3) is 0 Å². The molecule has 0 aliphatic carbocycles. The Bertz CT molecular complexity index is 753. The van der Waals surface area contributed by atoms with Gasteiger partial charge in [-0.25, -0.2) is 0 Å². The highest BCUT2D eigenvalue weighted by Gasteiger charge is 2.16. The largest absolute Gasteiger partial charge is 0.325 e. The molecule has 0 aliphatic heterocycles. The third kappa shape index (κ3) is 4.57. The van der Waals surface area contributed by atoms with Crippen molar-refractivity contribution < 1.29 is 14.1 Å². The Hall–Kier alpha value is -1.83. The van der Waals surface area contributed by atoms with Crippen molar-refractivity contribution in [2.24, 2.45) is 0 Å². The van der Waals surface area contributed by atoms with Gasteiger partial charge in [-0.3, -0.25) is 14.9 Å². The highest BCUT2D eigenvalue weighted by atomic mass is 35.5. The van der Waals surface area contributed by atoms with Crippen molar-refractivity contribution in [2.45, 2.75) is 4.90 Å². The number of thioether (sulfide) groups is 1. The minimum absolute atomic E-state index is 0.00533. The topological polar surface area (TPSA) is 72.2 Å². The number of nitrogens with one attached hydrogen (secondary N) is 1. The number of rotatable bonds is 5. The molecule has 23 heavy (non-hydrogen) atoms. The van der Waals surface area contributed by atoms with Gasteiger partial charge < -0.3 is 5.32 Å². The van der Waals surface area contributed by atoms with Gasteiger partial charge in [0, 0.05) is 16.6 Å². The Balaban J connectivity index is 2.03. The van der Waals surface area contributed by atoms with E-state index in [0.717, 1.165) is 23.9 Å². The highest BCUT2D eigenvalue weighted by Crippen LogP contribution is 2.33. The predicted octanol–water partition coefficient (Wildman–Crippen LogP) is 4.77. The average molecular weight is 375 g/mol. The second-order valence-corrected chi connectivity index (χ2v) is 6.11. The van der Waals surface area contributed by atoms with Gasteiger partial charge in [-0.15, -0.1) is 11.8 Å². The Morgan fingerprint density at radius 3 is 2.52 bits per heavy atom. The minimum atomic E-state index is -0.967. The number of anilines is 1. The third-order valence-electron chi connectivity index (χ3n) is 2.69. The van der Waals surface area contributed by atoms with E-state index in [1.807, 2.05) is 0 Å². The maximum absolute atomic E-state index is 13.2. The first-order valence-corrected chi connectivity index (χ1v) is 7.93. The number of amides is 1. The molecule has 1 N–H and O–H groups in total. The van der Waals surface area contributed by atoms with Crippen molar-refractivity contribution in [3.63, 3.8) is 0 Å². The lowest BCUT2D eigenvalue weighted by molar-refractivity contribution is -0.387. The van der Waals surface area contributed by atoms with Crippen molar-refractivity contribution in [2.75, 3.05) is 11.1 Å². The van der Waals surface area contributed by atoms with Crippen molar-refractivity contribution >= 4 is 52.2 Å². The van der Waals surface area contributed by atoms with Gasteiger partial charge >= 0.3 is 5.69 Å². The SMILES string of the molecule is O=C(CSc1c(Cl)cccc1Cl)Nc1ccc(F)c([N+](=O)[O-])c1. The molecular weight excluding hydrogens is 366 g/mol. The molecular formula is C14H9Cl2FN2O3S. The lowest BCUT2D eigenvalue weighted by Gasteiger charge is -2.07. The van der Waals surface area contributed by atoms with Crippen LogP contribution in [0.4, 0.5) is 15.8 Å². The zero-order chi connectivity index (χ0) is 17.0. The third-order valence-corrected chi connectivity index (χ3v) is 4.68.